The molecule has 0 saturated heterocycles. The monoisotopic (exact) mass is 732 g/mol. The molecule has 0 amide bonds. The van der Waals surface area contributed by atoms with Gasteiger partial charge in [-0.2, -0.15) is 30.6 Å². The molecule has 6 aromatic rings. The van der Waals surface area contributed by atoms with Gasteiger partial charge in [-0.1, -0.05) is 44.5 Å². The average Bonchev–Trinajstić information content (AvgIpc) is 3.52. The molecule has 0 saturated carbocycles. The first-order chi connectivity index (χ1) is 19.9. The van der Waals surface area contributed by atoms with Crippen LogP contribution in [0.1, 0.15) is 33.3 Å². The summed E-state index contributed by atoms with van der Waals surface area (Å²) in [4.78, 5) is 17.8. The molecule has 4 aromatic heterocycles. The molecule has 2 aromatic carbocycles. The number of anilines is 3. The summed E-state index contributed by atoms with van der Waals surface area (Å²) < 4.78 is 8.42. The van der Waals surface area contributed by atoms with Gasteiger partial charge in [-0.3, -0.25) is 9.97 Å². The van der Waals surface area contributed by atoms with Crippen LogP contribution < -0.4 is 14.5 Å². The van der Waals surface area contributed by atoms with Gasteiger partial charge in [0.2, 0.25) is 0 Å². The molecular weight excluding hydrogens is 703 g/mol. The number of aromatic nitrogens is 4. The Kier molecular flexibility index (Phi) is 7.23. The molecule has 5 heterocycles. The van der Waals surface area contributed by atoms with Gasteiger partial charge in [-0.15, -0.1) is 17.5 Å². The van der Waals surface area contributed by atoms with Gasteiger partial charge in [-0.25, -0.2) is 4.98 Å². The minimum Gasteiger partial charge on any atom is -0.502 e. The molecule has 0 spiro atoms. The predicted molar refractivity (Wildman–Crippen MR) is 163 cm³/mol. The van der Waals surface area contributed by atoms with Gasteiger partial charge in [0.15, 0.2) is 0 Å². The molecule has 7 rings (SSSR count). The van der Waals surface area contributed by atoms with E-state index in [9.17, 15) is 0 Å². The molecule has 214 valence electrons. The van der Waals surface area contributed by atoms with E-state index in [0.717, 1.165) is 51.2 Å². The standard InChI is InChI=1S/C34H29N6O.Pt/c1-5-38-22-39(31-21-35-15-14-29(31)38)24-13-17-37-33(19-24)41-25-10-11-27-26-8-6-7-9-28(26)40(30(27)20-25)32-18-23(12-16-36-32)34(2,3)4;/h6-18,21-22H,5H2,1-4H3;/q-3;. The third-order valence-corrected chi connectivity index (χ3v) is 7.47. The third kappa shape index (κ3) is 4.82. The Labute approximate surface area is 260 Å². The third-order valence-electron chi connectivity index (χ3n) is 7.47. The zero-order chi connectivity index (χ0) is 28.1. The van der Waals surface area contributed by atoms with Crippen LogP contribution >= 0.6 is 0 Å². The Bertz CT molecular complexity index is 1910. The molecule has 0 atom stereocenters. The number of fused-ring (bicyclic) bond motifs is 4. The average molecular weight is 733 g/mol. The van der Waals surface area contributed by atoms with Crippen LogP contribution in [0.3, 0.4) is 0 Å². The summed E-state index contributed by atoms with van der Waals surface area (Å²) in [5.41, 5.74) is 6.09. The fraction of sp³-hybridized carbons (Fsp3) is 0.176. The smallest absolute Gasteiger partial charge is 0.135 e. The van der Waals surface area contributed by atoms with Crippen LogP contribution in [0.4, 0.5) is 17.1 Å². The number of pyridine rings is 3. The SMILES string of the molecule is CCN1[CH-]N(c2[c-]c(Oc3[c-]c4c(cc3)c3ccccc3n4-c3cc(C(C)(C)C)ccn3)ncc2)c2cnccc21.[Pt]. The molecule has 0 unspecified atom stereocenters. The maximum Gasteiger partial charge on any atom is 0.135 e. The maximum atomic E-state index is 6.27. The molecule has 0 fully saturated rings. The van der Waals surface area contributed by atoms with E-state index in [1.54, 1.807) is 6.20 Å². The molecule has 1 aliphatic heterocycles. The van der Waals surface area contributed by atoms with Crippen LogP contribution in [0.15, 0.2) is 85.5 Å². The molecule has 8 heteroatoms. The van der Waals surface area contributed by atoms with Gasteiger partial charge in [-0.05, 0) is 60.3 Å². The summed E-state index contributed by atoms with van der Waals surface area (Å²) in [6, 6.07) is 27.4. The van der Waals surface area contributed by atoms with E-state index in [0.29, 0.717) is 11.6 Å². The topological polar surface area (TPSA) is 59.3 Å². The molecule has 0 radical (unpaired) electrons. The first-order valence-electron chi connectivity index (χ1n) is 13.7. The summed E-state index contributed by atoms with van der Waals surface area (Å²) in [5.74, 6) is 1.76. The number of benzene rings is 2. The van der Waals surface area contributed by atoms with Gasteiger partial charge >= 0.3 is 0 Å². The molecule has 0 N–H and O–H groups in total. The van der Waals surface area contributed by atoms with Crippen molar-refractivity contribution in [1.29, 1.82) is 0 Å². The van der Waals surface area contributed by atoms with Crippen molar-refractivity contribution in [3.05, 3.63) is 110 Å². The van der Waals surface area contributed by atoms with Crippen molar-refractivity contribution in [2.75, 3.05) is 16.3 Å². The normalized spacial score (nSPS) is 13.0. The minimum atomic E-state index is -0.00153. The van der Waals surface area contributed by atoms with E-state index in [1.165, 1.54) is 5.56 Å². The Morgan fingerprint density at radius 1 is 0.881 bits per heavy atom. The predicted octanol–water partition coefficient (Wildman–Crippen LogP) is 7.75. The number of rotatable bonds is 5. The van der Waals surface area contributed by atoms with Crippen molar-refractivity contribution in [2.24, 2.45) is 0 Å². The maximum absolute atomic E-state index is 6.27. The van der Waals surface area contributed by atoms with Crippen molar-refractivity contribution < 1.29 is 25.8 Å². The number of nitrogens with zero attached hydrogens (tertiary/aromatic N) is 6. The zero-order valence-electron chi connectivity index (χ0n) is 23.8. The number of hydrogen-bond acceptors (Lipinski definition) is 6. The first kappa shape index (κ1) is 27.9. The second-order valence-electron chi connectivity index (χ2n) is 11.1. The van der Waals surface area contributed by atoms with E-state index in [1.807, 2.05) is 36.8 Å². The molecule has 42 heavy (non-hydrogen) atoms. The van der Waals surface area contributed by atoms with Crippen LogP contribution in [0, 0.1) is 18.8 Å². The summed E-state index contributed by atoms with van der Waals surface area (Å²) >= 11 is 0. The fourth-order valence-electron chi connectivity index (χ4n) is 5.35. The van der Waals surface area contributed by atoms with Crippen LogP contribution in [-0.4, -0.2) is 26.1 Å². The van der Waals surface area contributed by atoms with Crippen molar-refractivity contribution in [3.8, 4) is 17.4 Å². The quantitative estimate of drug-likeness (QED) is 0.169. The van der Waals surface area contributed by atoms with Crippen molar-refractivity contribution in [2.45, 2.75) is 33.1 Å². The van der Waals surface area contributed by atoms with Crippen molar-refractivity contribution in [1.82, 2.24) is 19.5 Å². The Hall–Kier alpha value is -4.22. The minimum absolute atomic E-state index is 0. The van der Waals surface area contributed by atoms with Gasteiger partial charge in [0.05, 0.1) is 5.69 Å². The number of ether oxygens (including phenoxy) is 1. The zero-order valence-corrected chi connectivity index (χ0v) is 26.0. The molecule has 7 nitrogen and oxygen atoms in total. The molecule has 1 aliphatic rings. The number of para-hydroxylation sites is 1. The second-order valence-corrected chi connectivity index (χ2v) is 11.1. The van der Waals surface area contributed by atoms with E-state index >= 15 is 0 Å². The van der Waals surface area contributed by atoms with Crippen molar-refractivity contribution in [3.63, 3.8) is 0 Å². The summed E-state index contributed by atoms with van der Waals surface area (Å²) in [6.07, 6.45) is 7.28. The summed E-state index contributed by atoms with van der Waals surface area (Å²) in [5, 5.41) is 2.22. The van der Waals surface area contributed by atoms with E-state index < -0.39 is 0 Å². The summed E-state index contributed by atoms with van der Waals surface area (Å²) in [7, 11) is 0. The van der Waals surface area contributed by atoms with Crippen LogP contribution in [0.25, 0.3) is 27.6 Å². The van der Waals surface area contributed by atoms with Crippen LogP contribution in [0.5, 0.6) is 11.6 Å². The first-order valence-corrected chi connectivity index (χ1v) is 13.7. The van der Waals surface area contributed by atoms with Crippen LogP contribution in [0.2, 0.25) is 0 Å². The fourth-order valence-corrected chi connectivity index (χ4v) is 5.35. The molecular formula is C34H29N6OPt-3. The second kappa shape index (κ2) is 10.9. The molecule has 0 bridgehead atoms. The van der Waals surface area contributed by atoms with Gasteiger partial charge < -0.3 is 19.1 Å². The van der Waals surface area contributed by atoms with E-state index in [4.69, 9.17) is 9.72 Å². The Balaban J connectivity index is 0.00000316. The summed E-state index contributed by atoms with van der Waals surface area (Å²) in [6.45, 7) is 11.7. The van der Waals surface area contributed by atoms with Gasteiger partial charge in [0.25, 0.3) is 0 Å². The molecule has 0 aliphatic carbocycles. The van der Waals surface area contributed by atoms with Gasteiger partial charge in [0.1, 0.15) is 11.7 Å². The van der Waals surface area contributed by atoms with E-state index in [2.05, 4.69) is 113 Å². The largest absolute Gasteiger partial charge is 0.502 e. The van der Waals surface area contributed by atoms with Crippen LogP contribution in [-0.2, 0) is 26.5 Å². The van der Waals surface area contributed by atoms with Crippen molar-refractivity contribution >= 4 is 38.9 Å². The Morgan fingerprint density at radius 2 is 1.71 bits per heavy atom. The van der Waals surface area contributed by atoms with Gasteiger partial charge in [0, 0.05) is 56.6 Å². The number of hydrogen-bond donors (Lipinski definition) is 0. The van der Waals surface area contributed by atoms with E-state index in [-0.39, 0.29) is 26.5 Å². The Morgan fingerprint density at radius 3 is 2.55 bits per heavy atom.